The summed E-state index contributed by atoms with van der Waals surface area (Å²) in [5.74, 6) is -0.00304. The van der Waals surface area contributed by atoms with Crippen molar-refractivity contribution in [2.24, 2.45) is 0 Å². The number of amides is 1. The Hall–Kier alpha value is -2.32. The summed E-state index contributed by atoms with van der Waals surface area (Å²) in [5, 5.41) is 2.72. The van der Waals surface area contributed by atoms with E-state index in [1.54, 1.807) is 11.9 Å². The molecular formula is C19H16ClNO. The number of hydrogen-bond acceptors (Lipinski definition) is 1. The second-order valence-corrected chi connectivity index (χ2v) is 5.69. The van der Waals surface area contributed by atoms with E-state index < -0.39 is 0 Å². The number of fused-ring (bicyclic) bond motifs is 1. The third-order valence-electron chi connectivity index (χ3n) is 3.73. The first-order valence-electron chi connectivity index (χ1n) is 7.13. The van der Waals surface area contributed by atoms with Gasteiger partial charge in [0.25, 0.3) is 5.91 Å². The van der Waals surface area contributed by atoms with Gasteiger partial charge in [0, 0.05) is 24.2 Å². The van der Waals surface area contributed by atoms with Gasteiger partial charge in [-0.1, -0.05) is 66.2 Å². The molecule has 0 aliphatic heterocycles. The third-order valence-corrected chi connectivity index (χ3v) is 4.10. The molecule has 1 amide bonds. The van der Waals surface area contributed by atoms with Crippen LogP contribution in [0.1, 0.15) is 15.9 Å². The van der Waals surface area contributed by atoms with Gasteiger partial charge in [0.15, 0.2) is 0 Å². The Labute approximate surface area is 134 Å². The van der Waals surface area contributed by atoms with Crippen LogP contribution in [-0.4, -0.2) is 17.9 Å². The molecule has 0 N–H and O–H groups in total. The van der Waals surface area contributed by atoms with Crippen LogP contribution in [0, 0.1) is 0 Å². The quantitative estimate of drug-likeness (QED) is 0.682. The number of benzene rings is 3. The van der Waals surface area contributed by atoms with Crippen LogP contribution < -0.4 is 0 Å². The van der Waals surface area contributed by atoms with E-state index in [1.165, 1.54) is 0 Å². The van der Waals surface area contributed by atoms with Crippen LogP contribution in [-0.2, 0) is 6.54 Å². The number of nitrogens with zero attached hydrogens (tertiary/aromatic N) is 1. The normalized spacial score (nSPS) is 10.6. The van der Waals surface area contributed by atoms with Crippen molar-refractivity contribution in [2.45, 2.75) is 6.54 Å². The predicted molar refractivity (Wildman–Crippen MR) is 91.2 cm³/mol. The Morgan fingerprint density at radius 3 is 2.45 bits per heavy atom. The van der Waals surface area contributed by atoms with Gasteiger partial charge in [0.2, 0.25) is 0 Å². The van der Waals surface area contributed by atoms with Gasteiger partial charge in [-0.05, 0) is 28.5 Å². The summed E-state index contributed by atoms with van der Waals surface area (Å²) in [5.41, 5.74) is 1.66. The van der Waals surface area contributed by atoms with Gasteiger partial charge in [0.05, 0.1) is 0 Å². The molecule has 0 unspecified atom stereocenters. The maximum Gasteiger partial charge on any atom is 0.254 e. The standard InChI is InChI=1S/C19H16ClNO/c1-21(13-15-8-3-5-12-18(15)20)19(22)17-11-6-9-14-7-2-4-10-16(14)17/h2-12H,13H2,1H3. The van der Waals surface area contributed by atoms with Gasteiger partial charge in [-0.2, -0.15) is 0 Å². The van der Waals surface area contributed by atoms with E-state index in [9.17, 15) is 4.79 Å². The van der Waals surface area contributed by atoms with Gasteiger partial charge < -0.3 is 4.90 Å². The molecule has 0 aliphatic rings. The minimum atomic E-state index is -0.00304. The zero-order chi connectivity index (χ0) is 15.5. The summed E-state index contributed by atoms with van der Waals surface area (Å²) >= 11 is 6.18. The Kier molecular flexibility index (Phi) is 4.12. The van der Waals surface area contributed by atoms with Crippen LogP contribution in [0.15, 0.2) is 66.7 Å². The van der Waals surface area contributed by atoms with Gasteiger partial charge >= 0.3 is 0 Å². The molecule has 0 heterocycles. The Bertz CT molecular complexity index is 823. The lowest BCUT2D eigenvalue weighted by molar-refractivity contribution is 0.0787. The second kappa shape index (κ2) is 6.20. The lowest BCUT2D eigenvalue weighted by atomic mass is 10.0. The summed E-state index contributed by atoms with van der Waals surface area (Å²) in [7, 11) is 1.80. The molecule has 22 heavy (non-hydrogen) atoms. The van der Waals surface area contributed by atoms with Crippen molar-refractivity contribution in [1.82, 2.24) is 4.90 Å². The van der Waals surface area contributed by atoms with Crippen LogP contribution in [0.5, 0.6) is 0 Å². The molecule has 0 aliphatic carbocycles. The lowest BCUT2D eigenvalue weighted by Crippen LogP contribution is -2.26. The second-order valence-electron chi connectivity index (χ2n) is 5.28. The molecule has 0 radical (unpaired) electrons. The molecule has 0 spiro atoms. The number of rotatable bonds is 3. The van der Waals surface area contributed by atoms with E-state index in [4.69, 9.17) is 11.6 Å². The summed E-state index contributed by atoms with van der Waals surface area (Å²) < 4.78 is 0. The molecule has 2 nitrogen and oxygen atoms in total. The van der Waals surface area contributed by atoms with Crippen LogP contribution in [0.2, 0.25) is 5.02 Å². The maximum absolute atomic E-state index is 12.8. The summed E-state index contributed by atoms with van der Waals surface area (Å²) in [6.45, 7) is 0.488. The van der Waals surface area contributed by atoms with E-state index in [1.807, 2.05) is 66.7 Å². The first-order chi connectivity index (χ1) is 10.7. The lowest BCUT2D eigenvalue weighted by Gasteiger charge is -2.19. The van der Waals surface area contributed by atoms with Crippen molar-refractivity contribution in [1.29, 1.82) is 0 Å². The molecular weight excluding hydrogens is 294 g/mol. The minimum Gasteiger partial charge on any atom is -0.337 e. The fourth-order valence-corrected chi connectivity index (χ4v) is 2.77. The molecule has 3 aromatic carbocycles. The molecule has 0 aromatic heterocycles. The van der Waals surface area contributed by atoms with Crippen molar-refractivity contribution in [3.8, 4) is 0 Å². The smallest absolute Gasteiger partial charge is 0.254 e. The van der Waals surface area contributed by atoms with Gasteiger partial charge in [-0.15, -0.1) is 0 Å². The molecule has 0 saturated carbocycles. The largest absolute Gasteiger partial charge is 0.337 e. The molecule has 0 fully saturated rings. The highest BCUT2D eigenvalue weighted by Crippen LogP contribution is 2.22. The Morgan fingerprint density at radius 1 is 0.955 bits per heavy atom. The summed E-state index contributed by atoms with van der Waals surface area (Å²) in [4.78, 5) is 14.5. The zero-order valence-corrected chi connectivity index (χ0v) is 13.0. The van der Waals surface area contributed by atoms with E-state index in [0.29, 0.717) is 17.1 Å². The molecule has 3 rings (SSSR count). The number of hydrogen-bond donors (Lipinski definition) is 0. The van der Waals surface area contributed by atoms with Crippen LogP contribution in [0.3, 0.4) is 0 Å². The van der Waals surface area contributed by atoms with Crippen LogP contribution in [0.4, 0.5) is 0 Å². The molecule has 0 bridgehead atoms. The third kappa shape index (κ3) is 2.83. The fourth-order valence-electron chi connectivity index (χ4n) is 2.57. The van der Waals surface area contributed by atoms with Crippen molar-refractivity contribution in [2.75, 3.05) is 7.05 Å². The average molecular weight is 310 g/mol. The van der Waals surface area contributed by atoms with E-state index in [0.717, 1.165) is 16.3 Å². The van der Waals surface area contributed by atoms with Crippen molar-refractivity contribution in [3.63, 3.8) is 0 Å². The van der Waals surface area contributed by atoms with Crippen molar-refractivity contribution >= 4 is 28.3 Å². The summed E-state index contributed by atoms with van der Waals surface area (Å²) in [6, 6.07) is 21.3. The van der Waals surface area contributed by atoms with Gasteiger partial charge in [-0.25, -0.2) is 0 Å². The SMILES string of the molecule is CN(Cc1ccccc1Cl)C(=O)c1cccc2ccccc12. The Morgan fingerprint density at radius 2 is 1.64 bits per heavy atom. The van der Waals surface area contributed by atoms with E-state index in [2.05, 4.69) is 0 Å². The molecule has 3 aromatic rings. The highest BCUT2D eigenvalue weighted by Gasteiger charge is 2.15. The zero-order valence-electron chi connectivity index (χ0n) is 12.3. The highest BCUT2D eigenvalue weighted by atomic mass is 35.5. The molecule has 0 atom stereocenters. The highest BCUT2D eigenvalue weighted by molar-refractivity contribution is 6.31. The van der Waals surface area contributed by atoms with E-state index >= 15 is 0 Å². The molecule has 110 valence electrons. The van der Waals surface area contributed by atoms with Gasteiger partial charge in [-0.3, -0.25) is 4.79 Å². The predicted octanol–water partition coefficient (Wildman–Crippen LogP) is 4.77. The van der Waals surface area contributed by atoms with E-state index in [-0.39, 0.29) is 5.91 Å². The fraction of sp³-hybridized carbons (Fsp3) is 0.105. The first-order valence-corrected chi connectivity index (χ1v) is 7.51. The minimum absolute atomic E-state index is 0.00304. The van der Waals surface area contributed by atoms with Crippen LogP contribution >= 0.6 is 11.6 Å². The first kappa shape index (κ1) is 14.6. The topological polar surface area (TPSA) is 20.3 Å². The summed E-state index contributed by atoms with van der Waals surface area (Å²) in [6.07, 6.45) is 0. The van der Waals surface area contributed by atoms with Crippen LogP contribution in [0.25, 0.3) is 10.8 Å². The average Bonchev–Trinajstić information content (AvgIpc) is 2.55. The Balaban J connectivity index is 1.91. The molecule has 0 saturated heterocycles. The molecule has 3 heteroatoms. The maximum atomic E-state index is 12.8. The number of halogens is 1. The van der Waals surface area contributed by atoms with Crippen molar-refractivity contribution < 1.29 is 4.79 Å². The van der Waals surface area contributed by atoms with Crippen molar-refractivity contribution in [3.05, 3.63) is 82.9 Å². The monoisotopic (exact) mass is 309 g/mol. The number of carbonyl (C=O) groups is 1. The number of carbonyl (C=O) groups excluding carboxylic acids is 1. The van der Waals surface area contributed by atoms with Gasteiger partial charge in [0.1, 0.15) is 0 Å².